The molecule has 0 unspecified atom stereocenters. The number of benzene rings is 4. The van der Waals surface area contributed by atoms with Crippen molar-refractivity contribution in [3.05, 3.63) is 167 Å². The number of carboxylic acid groups (broad SMARTS) is 5. The fraction of sp³-hybridized carbons (Fsp3) is 0.267. The number of carboxylic acids is 5. The molecule has 0 heterocycles. The number of carbonyl (C=O) groups is 5. The Morgan fingerprint density at radius 2 is 0.768 bits per heavy atom. The lowest BCUT2D eigenvalue weighted by atomic mass is 10.0. The van der Waals surface area contributed by atoms with Crippen molar-refractivity contribution in [2.45, 2.75) is 74.2 Å². The molecule has 4 aromatic carbocycles. The van der Waals surface area contributed by atoms with Crippen LogP contribution in [0, 0.1) is 0 Å². The Bertz CT molecular complexity index is 2090. The summed E-state index contributed by atoms with van der Waals surface area (Å²) in [7, 11) is 0. The molecule has 13 N–H and O–H groups in total. The zero-order valence-electron chi connectivity index (χ0n) is 35.9. The maximum absolute atomic E-state index is 13.4. The molecule has 0 radical (unpaired) electrons. The second kappa shape index (κ2) is 28.1. The van der Waals surface area contributed by atoms with E-state index in [1.165, 1.54) is 0 Å². The standard InChI is InChI=1S/C9H4F9NO2.4C9H11NO2/c10-4-1-3(2-7(12,13)5(4)11)19(18)8(14,6(20)21)9(15,16)17;4*10-8(9(11)12)6-7-4-2-1-3-5-7/h1H,2H2,(H,20,21);4*1-5,8H,6,10H2,(H,11,12)/t5*8-/m10000/s1. The highest BCUT2D eigenvalue weighted by molar-refractivity contribution is 5.78. The third-order valence-electron chi connectivity index (χ3n) is 8.87. The Balaban J connectivity index is 0.000000441. The van der Waals surface area contributed by atoms with Gasteiger partial charge in [-0.15, -0.1) is 0 Å². The van der Waals surface area contributed by atoms with Gasteiger partial charge in [0, 0.05) is 0 Å². The van der Waals surface area contributed by atoms with Crippen molar-refractivity contribution in [3.8, 4) is 0 Å². The fourth-order valence-corrected chi connectivity index (χ4v) is 5.20. The average Bonchev–Trinajstić information content (AvgIpc) is 3.29. The van der Waals surface area contributed by atoms with Gasteiger partial charge in [-0.25, -0.2) is 13.6 Å². The molecule has 1 aliphatic rings. The lowest BCUT2D eigenvalue weighted by Gasteiger charge is -2.33. The van der Waals surface area contributed by atoms with Gasteiger partial charge in [-0.1, -0.05) is 126 Å². The van der Waals surface area contributed by atoms with E-state index in [4.69, 9.17) is 48.5 Å². The van der Waals surface area contributed by atoms with Crippen LogP contribution in [-0.2, 0) is 49.7 Å². The molecule has 0 amide bonds. The SMILES string of the molecule is N[C@@H](Cc1ccccc1)C(=O)O.N[C@@H](Cc1ccccc1)C(=O)O.N[C@@H](Cc1ccccc1)C(=O)O.N[C@@H](Cc1ccccc1)C(=O)O.O=C(O)[C@@](F)(N(F)C1=CC(F)=C(F)C(F)(F)C1)C(F)(F)F. The number of nitrogens with two attached hydrogens (primary N) is 4. The number of allylic oxidation sites excluding steroid dienone is 4. The predicted molar refractivity (Wildman–Crippen MR) is 230 cm³/mol. The van der Waals surface area contributed by atoms with Gasteiger partial charge in [-0.05, 0) is 54.0 Å². The largest absolute Gasteiger partial charge is 0.480 e. The fourth-order valence-electron chi connectivity index (χ4n) is 5.20. The number of nitrogens with zero attached hydrogens (tertiary/aromatic N) is 1. The summed E-state index contributed by atoms with van der Waals surface area (Å²) in [5, 5.41) is 40.0. The molecule has 0 spiro atoms. The van der Waals surface area contributed by atoms with Gasteiger partial charge in [0.25, 0.3) is 0 Å². The van der Waals surface area contributed by atoms with Crippen LogP contribution in [0.2, 0.25) is 0 Å². The van der Waals surface area contributed by atoms with E-state index >= 15 is 0 Å². The number of halogens is 9. The molecule has 0 fully saturated rings. The number of aliphatic carboxylic acids is 5. The molecule has 5 atom stereocenters. The summed E-state index contributed by atoms with van der Waals surface area (Å²) >= 11 is 0. The summed E-state index contributed by atoms with van der Waals surface area (Å²) in [6.45, 7) is 0. The van der Waals surface area contributed by atoms with Gasteiger partial charge in [0.15, 0.2) is 5.83 Å². The van der Waals surface area contributed by atoms with Crippen LogP contribution < -0.4 is 22.9 Å². The van der Waals surface area contributed by atoms with E-state index in [1.807, 2.05) is 121 Å². The molecule has 15 nitrogen and oxygen atoms in total. The van der Waals surface area contributed by atoms with Crippen LogP contribution >= 0.6 is 0 Å². The van der Waals surface area contributed by atoms with Crippen molar-refractivity contribution < 1.29 is 89.1 Å². The highest BCUT2D eigenvalue weighted by atomic mass is 19.4. The molecule has 0 aromatic heterocycles. The first-order valence-electron chi connectivity index (χ1n) is 19.7. The van der Waals surface area contributed by atoms with Gasteiger partial charge in [-0.2, -0.15) is 31.5 Å². The first-order valence-corrected chi connectivity index (χ1v) is 19.7. The van der Waals surface area contributed by atoms with E-state index in [0.717, 1.165) is 22.3 Å². The summed E-state index contributed by atoms with van der Waals surface area (Å²) in [4.78, 5) is 51.8. The van der Waals surface area contributed by atoms with E-state index in [0.29, 0.717) is 25.7 Å². The quantitative estimate of drug-likeness (QED) is 0.0368. The monoisotopic (exact) mass is 989 g/mol. The molecule has 0 saturated carbocycles. The number of hydrogen-bond acceptors (Lipinski definition) is 10. The first-order chi connectivity index (χ1) is 32.0. The highest BCUT2D eigenvalue weighted by Gasteiger charge is 2.69. The summed E-state index contributed by atoms with van der Waals surface area (Å²) in [5.74, 6) is -22.9. The van der Waals surface area contributed by atoms with Crippen LogP contribution in [0.15, 0.2) is 145 Å². The minimum absolute atomic E-state index is 0.385. The Kier molecular flexibility index (Phi) is 24.4. The Morgan fingerprint density at radius 3 is 0.957 bits per heavy atom. The van der Waals surface area contributed by atoms with Crippen LogP contribution in [-0.4, -0.2) is 103 Å². The topological polar surface area (TPSA) is 294 Å². The molecular formula is C45H48F9N5O10. The number of hydrogen-bond donors (Lipinski definition) is 9. The average molecular weight is 990 g/mol. The van der Waals surface area contributed by atoms with Crippen LogP contribution in [0.25, 0.3) is 0 Å². The van der Waals surface area contributed by atoms with Gasteiger partial charge in [0.2, 0.25) is 5.83 Å². The van der Waals surface area contributed by atoms with Crippen molar-refractivity contribution in [3.63, 3.8) is 0 Å². The Hall–Kier alpha value is -7.28. The lowest BCUT2D eigenvalue weighted by molar-refractivity contribution is -0.306. The summed E-state index contributed by atoms with van der Waals surface area (Å²) in [5.41, 5.74) is 23.2. The molecule has 69 heavy (non-hydrogen) atoms. The summed E-state index contributed by atoms with van der Waals surface area (Å²) in [6.07, 6.45) is -7.52. The van der Waals surface area contributed by atoms with Crippen LogP contribution in [0.3, 0.4) is 0 Å². The third-order valence-corrected chi connectivity index (χ3v) is 8.87. The minimum atomic E-state index is -6.38. The predicted octanol–water partition coefficient (Wildman–Crippen LogP) is 6.12. The molecule has 376 valence electrons. The minimum Gasteiger partial charge on any atom is -0.480 e. The molecule has 0 saturated heterocycles. The molecular weight excluding hydrogens is 942 g/mol. The van der Waals surface area contributed by atoms with E-state index in [1.54, 1.807) is 0 Å². The van der Waals surface area contributed by atoms with E-state index < -0.39 is 107 Å². The number of alkyl halides is 6. The zero-order chi connectivity index (χ0) is 52.7. The molecule has 5 rings (SSSR count). The van der Waals surface area contributed by atoms with Crippen LogP contribution in [0.1, 0.15) is 28.7 Å². The van der Waals surface area contributed by atoms with E-state index in [-0.39, 0.29) is 0 Å². The third kappa shape index (κ3) is 20.6. The first kappa shape index (κ1) is 59.7. The molecule has 24 heteroatoms. The Morgan fingerprint density at radius 1 is 0.522 bits per heavy atom. The van der Waals surface area contributed by atoms with Gasteiger partial charge < -0.3 is 48.5 Å². The summed E-state index contributed by atoms with van der Waals surface area (Å²) in [6, 6.07) is 34.2. The van der Waals surface area contributed by atoms with Crippen molar-refractivity contribution in [2.75, 3.05) is 0 Å². The smallest absolute Gasteiger partial charge is 0.456 e. The van der Waals surface area contributed by atoms with Crippen LogP contribution in [0.4, 0.5) is 39.6 Å². The van der Waals surface area contributed by atoms with E-state index in [9.17, 15) is 63.6 Å². The second-order valence-corrected chi connectivity index (χ2v) is 14.4. The molecule has 1 aliphatic carbocycles. The van der Waals surface area contributed by atoms with Gasteiger partial charge in [0.05, 0.1) is 12.1 Å². The van der Waals surface area contributed by atoms with Gasteiger partial charge in [-0.3, -0.25) is 19.2 Å². The van der Waals surface area contributed by atoms with Crippen molar-refractivity contribution >= 4 is 29.8 Å². The lowest BCUT2D eigenvalue weighted by Crippen LogP contribution is -2.58. The van der Waals surface area contributed by atoms with Gasteiger partial charge in [0.1, 0.15) is 24.2 Å². The highest BCUT2D eigenvalue weighted by Crippen LogP contribution is 2.46. The normalized spacial score (nSPS) is 15.2. The van der Waals surface area contributed by atoms with Crippen LogP contribution in [0.5, 0.6) is 0 Å². The van der Waals surface area contributed by atoms with E-state index in [2.05, 4.69) is 0 Å². The summed E-state index contributed by atoms with van der Waals surface area (Å²) < 4.78 is 115. The second-order valence-electron chi connectivity index (χ2n) is 14.4. The van der Waals surface area contributed by atoms with Crippen molar-refractivity contribution in [1.82, 2.24) is 5.12 Å². The zero-order valence-corrected chi connectivity index (χ0v) is 35.9. The van der Waals surface area contributed by atoms with Crippen molar-refractivity contribution in [1.29, 1.82) is 0 Å². The maximum Gasteiger partial charge on any atom is 0.456 e. The maximum atomic E-state index is 13.4. The Labute approximate surface area is 387 Å². The molecule has 4 aromatic rings. The molecule has 0 aliphatic heterocycles. The number of rotatable bonds is 15. The van der Waals surface area contributed by atoms with Gasteiger partial charge >= 0.3 is 47.7 Å². The molecule has 0 bridgehead atoms. The van der Waals surface area contributed by atoms with Crippen molar-refractivity contribution in [2.24, 2.45) is 22.9 Å².